The fourth-order valence-corrected chi connectivity index (χ4v) is 2.82. The third kappa shape index (κ3) is 12.6. The number of hydrogen-bond acceptors (Lipinski definition) is 6. The van der Waals surface area contributed by atoms with E-state index < -0.39 is 46.2 Å². The molecule has 26 heavy (non-hydrogen) atoms. The van der Waals surface area contributed by atoms with Crippen molar-refractivity contribution >= 4 is 28.0 Å². The zero-order valence-electron chi connectivity index (χ0n) is 15.1. The van der Waals surface area contributed by atoms with Gasteiger partial charge < -0.3 is 15.2 Å². The fraction of sp³-hybridized carbons (Fsp3) is 0.812. The molecule has 0 aromatic heterocycles. The number of ether oxygens (including phenoxy) is 1. The van der Waals surface area contributed by atoms with Crippen LogP contribution in [0.25, 0.3) is 0 Å². The Kier molecular flexibility index (Phi) is 12.6. The van der Waals surface area contributed by atoms with E-state index in [2.05, 4.69) is 12.2 Å². The number of amides is 1. The number of hydrogen-bond donors (Lipinski definition) is 3. The van der Waals surface area contributed by atoms with Crippen molar-refractivity contribution in [3.8, 4) is 0 Å². The van der Waals surface area contributed by atoms with Gasteiger partial charge in [-0.1, -0.05) is 51.9 Å². The van der Waals surface area contributed by atoms with Gasteiger partial charge in [0.2, 0.25) is 5.91 Å². The first kappa shape index (κ1) is 24.3. The average Bonchev–Trinajstić information content (AvgIpc) is 2.55. The lowest BCUT2D eigenvalue weighted by Crippen LogP contribution is -2.38. The van der Waals surface area contributed by atoms with Gasteiger partial charge in [0.25, 0.3) is 10.1 Å². The number of carboxylic acids is 1. The summed E-state index contributed by atoms with van der Waals surface area (Å²) < 4.78 is 35.4. The first-order valence-electron chi connectivity index (χ1n) is 8.80. The van der Waals surface area contributed by atoms with E-state index in [0.29, 0.717) is 0 Å². The second-order valence-electron chi connectivity index (χ2n) is 6.02. The minimum Gasteiger partial charge on any atom is -0.480 e. The molecule has 0 aliphatic carbocycles. The van der Waals surface area contributed by atoms with Gasteiger partial charge in [-0.3, -0.25) is 18.9 Å². The zero-order valence-corrected chi connectivity index (χ0v) is 15.9. The molecule has 0 bridgehead atoms. The van der Waals surface area contributed by atoms with Crippen molar-refractivity contribution in [1.29, 1.82) is 0 Å². The molecular formula is C16H29NO8S. The van der Waals surface area contributed by atoms with Gasteiger partial charge in [0.1, 0.15) is 6.54 Å². The Labute approximate surface area is 154 Å². The Morgan fingerprint density at radius 1 is 1.00 bits per heavy atom. The van der Waals surface area contributed by atoms with E-state index in [0.717, 1.165) is 25.7 Å². The molecule has 0 rings (SSSR count). The third-order valence-electron chi connectivity index (χ3n) is 3.70. The van der Waals surface area contributed by atoms with Crippen molar-refractivity contribution in [2.24, 2.45) is 0 Å². The number of unbranched alkanes of at least 4 members (excludes halogenated alkanes) is 7. The second-order valence-corrected chi connectivity index (χ2v) is 7.62. The number of esters is 1. The summed E-state index contributed by atoms with van der Waals surface area (Å²) in [6.45, 7) is 1.90. The summed E-state index contributed by atoms with van der Waals surface area (Å²) in [5.41, 5.74) is 0. The van der Waals surface area contributed by atoms with Gasteiger partial charge in [-0.25, -0.2) is 0 Å². The summed E-state index contributed by atoms with van der Waals surface area (Å²) in [6, 6.07) is 0. The SMILES string of the molecule is CCCCCCCCCCOC(=O)CNC(=O)CC(C(=O)O)S(=O)(=O)O. The fourth-order valence-electron chi connectivity index (χ4n) is 2.20. The number of aliphatic carboxylic acids is 1. The molecule has 0 aromatic rings. The molecule has 0 aliphatic rings. The molecule has 1 atom stereocenters. The van der Waals surface area contributed by atoms with E-state index in [-0.39, 0.29) is 6.61 Å². The Bertz CT molecular complexity index is 546. The molecule has 0 heterocycles. The van der Waals surface area contributed by atoms with Gasteiger partial charge in [0, 0.05) is 0 Å². The summed E-state index contributed by atoms with van der Waals surface area (Å²) in [4.78, 5) is 33.6. The largest absolute Gasteiger partial charge is 0.480 e. The molecule has 0 spiro atoms. The summed E-state index contributed by atoms with van der Waals surface area (Å²) in [5, 5.41) is 8.47. The highest BCUT2D eigenvalue weighted by atomic mass is 32.2. The van der Waals surface area contributed by atoms with Gasteiger partial charge in [0.05, 0.1) is 13.0 Å². The van der Waals surface area contributed by atoms with Crippen LogP contribution < -0.4 is 5.32 Å². The van der Waals surface area contributed by atoms with Crippen LogP contribution in [0.3, 0.4) is 0 Å². The highest BCUT2D eigenvalue weighted by Crippen LogP contribution is 2.08. The standard InChI is InChI=1S/C16H29NO8S/c1-2-3-4-5-6-7-8-9-10-25-15(19)12-17-14(18)11-13(16(20)21)26(22,23)24/h13H,2-12H2,1H3,(H,17,18)(H,20,21)(H,22,23,24). The van der Waals surface area contributed by atoms with Gasteiger partial charge in [-0.2, -0.15) is 8.42 Å². The Hall–Kier alpha value is -1.68. The van der Waals surface area contributed by atoms with Crippen molar-refractivity contribution in [3.05, 3.63) is 0 Å². The summed E-state index contributed by atoms with van der Waals surface area (Å²) in [5.74, 6) is -3.53. The maximum atomic E-state index is 11.5. The van der Waals surface area contributed by atoms with Crippen LogP contribution in [0.5, 0.6) is 0 Å². The Balaban J connectivity index is 3.82. The maximum absolute atomic E-state index is 11.5. The van der Waals surface area contributed by atoms with Gasteiger partial charge in [-0.05, 0) is 6.42 Å². The van der Waals surface area contributed by atoms with E-state index in [1.54, 1.807) is 0 Å². The lowest BCUT2D eigenvalue weighted by molar-refractivity contribution is -0.144. The summed E-state index contributed by atoms with van der Waals surface area (Å²) >= 11 is 0. The highest BCUT2D eigenvalue weighted by molar-refractivity contribution is 7.87. The molecule has 1 amide bonds. The monoisotopic (exact) mass is 395 g/mol. The third-order valence-corrected chi connectivity index (χ3v) is 4.78. The normalized spacial score (nSPS) is 12.4. The van der Waals surface area contributed by atoms with E-state index in [1.165, 1.54) is 25.7 Å². The molecule has 0 aliphatic heterocycles. The number of carbonyl (C=O) groups is 3. The van der Waals surface area contributed by atoms with E-state index in [9.17, 15) is 22.8 Å². The van der Waals surface area contributed by atoms with Gasteiger partial charge >= 0.3 is 11.9 Å². The molecule has 0 radical (unpaired) electrons. The molecule has 3 N–H and O–H groups in total. The topological polar surface area (TPSA) is 147 Å². The number of carboxylic acid groups (broad SMARTS) is 1. The first-order valence-corrected chi connectivity index (χ1v) is 10.3. The number of nitrogens with one attached hydrogen (secondary N) is 1. The Morgan fingerprint density at radius 3 is 2.04 bits per heavy atom. The average molecular weight is 395 g/mol. The smallest absolute Gasteiger partial charge is 0.325 e. The highest BCUT2D eigenvalue weighted by Gasteiger charge is 2.33. The molecule has 0 aromatic carbocycles. The molecular weight excluding hydrogens is 366 g/mol. The Morgan fingerprint density at radius 2 is 1.54 bits per heavy atom. The van der Waals surface area contributed by atoms with E-state index >= 15 is 0 Å². The predicted molar refractivity (Wildman–Crippen MR) is 94.2 cm³/mol. The molecule has 10 heteroatoms. The molecule has 152 valence electrons. The van der Waals surface area contributed by atoms with E-state index in [4.69, 9.17) is 14.4 Å². The van der Waals surface area contributed by atoms with Crippen LogP contribution >= 0.6 is 0 Å². The first-order chi connectivity index (χ1) is 12.2. The lowest BCUT2D eigenvalue weighted by Gasteiger charge is -2.09. The van der Waals surface area contributed by atoms with Crippen molar-refractivity contribution in [3.63, 3.8) is 0 Å². The predicted octanol–water partition coefficient (Wildman–Crippen LogP) is 1.52. The van der Waals surface area contributed by atoms with Crippen molar-refractivity contribution in [2.45, 2.75) is 70.0 Å². The van der Waals surface area contributed by atoms with Crippen LogP contribution in [0.4, 0.5) is 0 Å². The van der Waals surface area contributed by atoms with Crippen LogP contribution in [0.15, 0.2) is 0 Å². The van der Waals surface area contributed by atoms with Gasteiger partial charge in [0.15, 0.2) is 5.25 Å². The maximum Gasteiger partial charge on any atom is 0.325 e. The molecule has 9 nitrogen and oxygen atoms in total. The quantitative estimate of drug-likeness (QED) is 0.215. The van der Waals surface area contributed by atoms with Crippen LogP contribution in [-0.4, -0.2) is 54.3 Å². The lowest BCUT2D eigenvalue weighted by atomic mass is 10.1. The molecule has 0 saturated carbocycles. The minimum absolute atomic E-state index is 0.229. The number of carbonyl (C=O) groups excluding carboxylic acids is 2. The van der Waals surface area contributed by atoms with Crippen molar-refractivity contribution in [2.75, 3.05) is 13.2 Å². The summed E-state index contributed by atoms with van der Waals surface area (Å²) in [7, 11) is -4.91. The van der Waals surface area contributed by atoms with Crippen LogP contribution in [0.2, 0.25) is 0 Å². The molecule has 1 unspecified atom stereocenters. The molecule has 0 fully saturated rings. The zero-order chi connectivity index (χ0) is 20.0. The van der Waals surface area contributed by atoms with Crippen molar-refractivity contribution < 1.29 is 37.2 Å². The van der Waals surface area contributed by atoms with E-state index in [1.807, 2.05) is 0 Å². The summed E-state index contributed by atoms with van der Waals surface area (Å²) in [6.07, 6.45) is 7.82. The van der Waals surface area contributed by atoms with Gasteiger partial charge in [-0.15, -0.1) is 0 Å². The molecule has 0 saturated heterocycles. The van der Waals surface area contributed by atoms with Crippen LogP contribution in [-0.2, 0) is 29.2 Å². The number of rotatable bonds is 15. The minimum atomic E-state index is -4.91. The van der Waals surface area contributed by atoms with Crippen LogP contribution in [0.1, 0.15) is 64.7 Å². The van der Waals surface area contributed by atoms with Crippen molar-refractivity contribution in [1.82, 2.24) is 5.32 Å². The van der Waals surface area contributed by atoms with Crippen LogP contribution in [0, 0.1) is 0 Å². The second kappa shape index (κ2) is 13.5.